The van der Waals surface area contributed by atoms with E-state index >= 15 is 0 Å². The van der Waals surface area contributed by atoms with Crippen LogP contribution in [0.2, 0.25) is 0 Å². The highest BCUT2D eigenvalue weighted by atomic mass is 35.5. The minimum Gasteiger partial charge on any atom is -0.462 e. The van der Waals surface area contributed by atoms with E-state index in [0.29, 0.717) is 5.69 Å². The smallest absolute Gasteiger partial charge is 0.320 e. The van der Waals surface area contributed by atoms with Gasteiger partial charge < -0.3 is 10.1 Å². The van der Waals surface area contributed by atoms with Crippen molar-refractivity contribution in [2.45, 2.75) is 19.4 Å². The van der Waals surface area contributed by atoms with Crippen molar-refractivity contribution in [1.82, 2.24) is 24.9 Å². The van der Waals surface area contributed by atoms with Gasteiger partial charge >= 0.3 is 5.97 Å². The predicted octanol–water partition coefficient (Wildman–Crippen LogP) is 3.42. The molecule has 4 rings (SSSR count). The number of hydrogen-bond donors (Lipinski definition) is 1. The molecule has 2 aromatic heterocycles. The first kappa shape index (κ1) is 21.8. The zero-order valence-electron chi connectivity index (χ0n) is 18.3. The van der Waals surface area contributed by atoms with E-state index in [-0.39, 0.29) is 18.4 Å². The van der Waals surface area contributed by atoms with Crippen molar-refractivity contribution in [3.8, 4) is 11.1 Å². The van der Waals surface area contributed by atoms with E-state index < -0.39 is 11.5 Å². The normalized spacial score (nSPS) is 11.8. The molecule has 0 unspecified atom stereocenters. The fourth-order valence-electron chi connectivity index (χ4n) is 3.66. The minimum atomic E-state index is -0.786. The number of aromatic nitrogens is 4. The van der Waals surface area contributed by atoms with Gasteiger partial charge in [-0.25, -0.2) is 0 Å². The van der Waals surface area contributed by atoms with E-state index in [1.807, 2.05) is 48.3 Å². The lowest BCUT2D eigenvalue weighted by Gasteiger charge is -2.25. The average molecular weight is 454 g/mol. The number of hydrogen-bond acceptors (Lipinski definition) is 5. The van der Waals surface area contributed by atoms with Crippen molar-refractivity contribution < 1.29 is 14.3 Å². The summed E-state index contributed by atoms with van der Waals surface area (Å²) in [7, 11) is 3.71. The van der Waals surface area contributed by atoms with Gasteiger partial charge in [-0.05, 0) is 49.2 Å². The Hall–Kier alpha value is -3.39. The van der Waals surface area contributed by atoms with E-state index in [1.54, 1.807) is 25.6 Å². The molecule has 1 N–H and O–H groups in total. The highest BCUT2D eigenvalue weighted by Crippen LogP contribution is 2.29. The second kappa shape index (κ2) is 8.27. The maximum atomic E-state index is 13.1. The molecular formula is C23H24ClN5O3. The molecule has 0 saturated carbocycles. The Balaban J connectivity index is 1.66. The second-order valence-electron chi connectivity index (χ2n) is 8.38. The molecule has 4 aromatic rings. The predicted molar refractivity (Wildman–Crippen MR) is 124 cm³/mol. The summed E-state index contributed by atoms with van der Waals surface area (Å²) in [5.41, 5.74) is 3.41. The largest absolute Gasteiger partial charge is 0.462 e. The Morgan fingerprint density at radius 2 is 1.75 bits per heavy atom. The van der Waals surface area contributed by atoms with Crippen molar-refractivity contribution in [2.24, 2.45) is 14.1 Å². The van der Waals surface area contributed by atoms with Crippen molar-refractivity contribution in [3.05, 3.63) is 48.3 Å². The van der Waals surface area contributed by atoms with Gasteiger partial charge in [-0.15, -0.1) is 11.6 Å². The lowest BCUT2D eigenvalue weighted by molar-refractivity contribution is -0.142. The number of carbonyl (C=O) groups excluding carboxylic acids is 2. The number of ether oxygens (including phenoxy) is 1. The van der Waals surface area contributed by atoms with Crippen LogP contribution in [-0.2, 0) is 23.6 Å². The first-order valence-corrected chi connectivity index (χ1v) is 10.6. The van der Waals surface area contributed by atoms with Gasteiger partial charge in [0.2, 0.25) is 0 Å². The third-order valence-electron chi connectivity index (χ3n) is 5.30. The summed E-state index contributed by atoms with van der Waals surface area (Å²) in [6.45, 7) is 3.55. The molecule has 2 aromatic carbocycles. The number of nitrogens with zero attached hydrogens (tertiary/aromatic N) is 4. The molecule has 0 aliphatic heterocycles. The number of nitrogens with one attached hydrogen (secondary N) is 1. The third kappa shape index (κ3) is 4.18. The molecule has 2 heterocycles. The number of aryl methyl sites for hydroxylation is 2. The second-order valence-corrected chi connectivity index (χ2v) is 8.65. The van der Waals surface area contributed by atoms with Crippen LogP contribution in [0.5, 0.6) is 0 Å². The summed E-state index contributed by atoms with van der Waals surface area (Å²) in [6.07, 6.45) is 1.83. The zero-order valence-corrected chi connectivity index (χ0v) is 19.1. The van der Waals surface area contributed by atoms with Gasteiger partial charge in [0.1, 0.15) is 12.5 Å². The average Bonchev–Trinajstić information content (AvgIpc) is 3.31. The number of esters is 1. The molecule has 8 nitrogen and oxygen atoms in total. The number of amides is 1. The molecule has 32 heavy (non-hydrogen) atoms. The van der Waals surface area contributed by atoms with Crippen molar-refractivity contribution in [2.75, 3.05) is 12.5 Å². The van der Waals surface area contributed by atoms with E-state index in [1.165, 1.54) is 0 Å². The van der Waals surface area contributed by atoms with Gasteiger partial charge in [0.15, 0.2) is 5.69 Å². The SMILES string of the molecule is Cn1ncc2cc(-c3ccc4c(c3)c(C(=O)NC(C)(C)COC(=O)CCl)nn4C)ccc21. The zero-order chi connectivity index (χ0) is 23.0. The van der Waals surface area contributed by atoms with Crippen LogP contribution in [0.15, 0.2) is 42.6 Å². The first-order valence-electron chi connectivity index (χ1n) is 10.1. The molecule has 0 aliphatic carbocycles. The molecule has 1 amide bonds. The van der Waals surface area contributed by atoms with E-state index in [0.717, 1.165) is 32.9 Å². The number of alkyl halides is 1. The monoisotopic (exact) mass is 453 g/mol. The molecule has 9 heteroatoms. The fourth-order valence-corrected chi connectivity index (χ4v) is 3.74. The van der Waals surface area contributed by atoms with Crippen LogP contribution in [0.25, 0.3) is 32.9 Å². The topological polar surface area (TPSA) is 91.0 Å². The van der Waals surface area contributed by atoms with Crippen LogP contribution >= 0.6 is 11.6 Å². The summed E-state index contributed by atoms with van der Waals surface area (Å²) in [6, 6.07) is 12.1. The third-order valence-corrected chi connectivity index (χ3v) is 5.52. The molecule has 0 fully saturated rings. The number of fused-ring (bicyclic) bond motifs is 2. The van der Waals surface area contributed by atoms with Gasteiger partial charge in [-0.1, -0.05) is 12.1 Å². The summed E-state index contributed by atoms with van der Waals surface area (Å²) in [4.78, 5) is 24.4. The van der Waals surface area contributed by atoms with Crippen LogP contribution < -0.4 is 5.32 Å². The summed E-state index contributed by atoms with van der Waals surface area (Å²) in [5.74, 6) is -1.11. The van der Waals surface area contributed by atoms with E-state index in [9.17, 15) is 9.59 Å². The molecule has 0 spiro atoms. The molecule has 166 valence electrons. The Labute approximate surface area is 190 Å². The van der Waals surface area contributed by atoms with Gasteiger partial charge in [0.25, 0.3) is 5.91 Å². The Morgan fingerprint density at radius 1 is 1.06 bits per heavy atom. The van der Waals surface area contributed by atoms with Crippen LogP contribution in [0.3, 0.4) is 0 Å². The molecular weight excluding hydrogens is 430 g/mol. The van der Waals surface area contributed by atoms with E-state index in [4.69, 9.17) is 16.3 Å². The van der Waals surface area contributed by atoms with Crippen molar-refractivity contribution >= 4 is 45.3 Å². The standard InChI is InChI=1S/C23H24ClN5O3/c1-23(2,13-32-20(30)11-24)26-22(31)21-17-10-15(6-8-19(17)29(4)27-21)14-5-7-18-16(9-14)12-25-28(18)3/h5-10,12H,11,13H2,1-4H3,(H,26,31). The molecule has 0 saturated heterocycles. The molecule has 0 bridgehead atoms. The number of benzene rings is 2. The van der Waals surface area contributed by atoms with Crippen LogP contribution in [0.1, 0.15) is 24.3 Å². The van der Waals surface area contributed by atoms with Gasteiger partial charge in [-0.2, -0.15) is 10.2 Å². The summed E-state index contributed by atoms with van der Waals surface area (Å²) >= 11 is 5.47. The number of carbonyl (C=O) groups is 2. The van der Waals surface area contributed by atoms with Crippen LogP contribution in [-0.4, -0.2) is 49.5 Å². The van der Waals surface area contributed by atoms with Crippen LogP contribution in [0.4, 0.5) is 0 Å². The van der Waals surface area contributed by atoms with Gasteiger partial charge in [0.05, 0.1) is 22.8 Å². The highest BCUT2D eigenvalue weighted by molar-refractivity contribution is 6.26. The fraction of sp³-hybridized carbons (Fsp3) is 0.304. The Bertz CT molecular complexity index is 1340. The Kier molecular flexibility index (Phi) is 5.64. The lowest BCUT2D eigenvalue weighted by Crippen LogP contribution is -2.47. The lowest BCUT2D eigenvalue weighted by atomic mass is 10.0. The first-order chi connectivity index (χ1) is 15.2. The maximum Gasteiger partial charge on any atom is 0.320 e. The van der Waals surface area contributed by atoms with Crippen LogP contribution in [0, 0.1) is 0 Å². The van der Waals surface area contributed by atoms with Gasteiger partial charge in [-0.3, -0.25) is 19.0 Å². The van der Waals surface area contributed by atoms with Crippen molar-refractivity contribution in [1.29, 1.82) is 0 Å². The molecule has 0 atom stereocenters. The maximum absolute atomic E-state index is 13.1. The number of rotatable bonds is 6. The number of halogens is 1. The van der Waals surface area contributed by atoms with E-state index in [2.05, 4.69) is 21.6 Å². The highest BCUT2D eigenvalue weighted by Gasteiger charge is 2.26. The Morgan fingerprint density at radius 3 is 2.47 bits per heavy atom. The summed E-state index contributed by atoms with van der Waals surface area (Å²) in [5, 5.41) is 13.4. The van der Waals surface area contributed by atoms with Gasteiger partial charge in [0, 0.05) is 24.9 Å². The summed E-state index contributed by atoms with van der Waals surface area (Å²) < 4.78 is 8.59. The molecule has 0 aliphatic rings. The minimum absolute atomic E-state index is 0.00539. The quantitative estimate of drug-likeness (QED) is 0.357. The van der Waals surface area contributed by atoms with Crippen molar-refractivity contribution in [3.63, 3.8) is 0 Å². The molecule has 0 radical (unpaired) electrons.